The van der Waals surface area contributed by atoms with Crippen LogP contribution in [0.5, 0.6) is 17.2 Å². The molecular formula is C28H27FN2O6S. The SMILES string of the molecule is CCN(c1cc2oc(-c3ccc(Oc4ccc(F)cc4)cc3)c(OC(=O)NC)c2cc1C1CC1)S(C)(=O)=O. The number of hydrogen-bond acceptors (Lipinski definition) is 6. The summed E-state index contributed by atoms with van der Waals surface area (Å²) in [4.78, 5) is 12.3. The summed E-state index contributed by atoms with van der Waals surface area (Å²) < 4.78 is 57.2. The van der Waals surface area contributed by atoms with E-state index >= 15 is 0 Å². The van der Waals surface area contributed by atoms with Crippen molar-refractivity contribution in [1.29, 1.82) is 0 Å². The number of nitrogens with one attached hydrogen (secondary N) is 1. The Labute approximate surface area is 220 Å². The number of benzene rings is 3. The van der Waals surface area contributed by atoms with Crippen LogP contribution in [0.4, 0.5) is 14.9 Å². The van der Waals surface area contributed by atoms with Crippen LogP contribution in [0.1, 0.15) is 31.2 Å². The highest BCUT2D eigenvalue weighted by molar-refractivity contribution is 7.92. The number of anilines is 1. The minimum absolute atomic E-state index is 0.222. The summed E-state index contributed by atoms with van der Waals surface area (Å²) in [5.41, 5.74) is 2.46. The molecule has 1 amide bonds. The molecule has 0 unspecified atom stereocenters. The van der Waals surface area contributed by atoms with Crippen molar-refractivity contribution >= 4 is 32.8 Å². The van der Waals surface area contributed by atoms with Crippen molar-refractivity contribution < 1.29 is 31.5 Å². The Morgan fingerprint density at radius 2 is 1.71 bits per heavy atom. The van der Waals surface area contributed by atoms with Gasteiger partial charge in [0.1, 0.15) is 22.9 Å². The van der Waals surface area contributed by atoms with Crippen LogP contribution in [0, 0.1) is 5.82 Å². The van der Waals surface area contributed by atoms with Crippen LogP contribution < -0.4 is 19.1 Å². The lowest BCUT2D eigenvalue weighted by Gasteiger charge is -2.23. The second kappa shape index (κ2) is 10.0. The lowest BCUT2D eigenvalue weighted by molar-refractivity contribution is 0.203. The van der Waals surface area contributed by atoms with Crippen molar-refractivity contribution in [2.45, 2.75) is 25.7 Å². The van der Waals surface area contributed by atoms with E-state index in [1.54, 1.807) is 37.3 Å². The van der Waals surface area contributed by atoms with Crippen molar-refractivity contribution in [1.82, 2.24) is 5.32 Å². The molecule has 0 aliphatic heterocycles. The number of sulfonamides is 1. The Bertz CT molecular complexity index is 1590. The van der Waals surface area contributed by atoms with E-state index in [4.69, 9.17) is 13.9 Å². The molecule has 4 aromatic rings. The predicted octanol–water partition coefficient (Wildman–Crippen LogP) is 6.41. The fraction of sp³-hybridized carbons (Fsp3) is 0.250. The minimum atomic E-state index is -3.51. The summed E-state index contributed by atoms with van der Waals surface area (Å²) in [5.74, 6) is 1.43. The maximum absolute atomic E-state index is 13.2. The molecule has 8 nitrogen and oxygen atoms in total. The first-order chi connectivity index (χ1) is 18.2. The largest absolute Gasteiger partial charge is 0.457 e. The Morgan fingerprint density at radius 3 is 2.26 bits per heavy atom. The average molecular weight is 539 g/mol. The summed E-state index contributed by atoms with van der Waals surface area (Å²) >= 11 is 0. The van der Waals surface area contributed by atoms with Gasteiger partial charge in [-0.05, 0) is 85.8 Å². The fourth-order valence-corrected chi connectivity index (χ4v) is 5.38. The molecule has 198 valence electrons. The summed E-state index contributed by atoms with van der Waals surface area (Å²) in [5, 5.41) is 3.03. The molecule has 0 bridgehead atoms. The smallest absolute Gasteiger partial charge is 0.412 e. The lowest BCUT2D eigenvalue weighted by Crippen LogP contribution is -2.30. The maximum Gasteiger partial charge on any atom is 0.412 e. The van der Waals surface area contributed by atoms with Gasteiger partial charge < -0.3 is 19.2 Å². The van der Waals surface area contributed by atoms with Crippen molar-refractivity contribution in [2.75, 3.05) is 24.2 Å². The van der Waals surface area contributed by atoms with E-state index in [1.807, 2.05) is 6.07 Å². The second-order valence-corrected chi connectivity index (χ2v) is 11.0. The van der Waals surface area contributed by atoms with Crippen LogP contribution >= 0.6 is 0 Å². The summed E-state index contributed by atoms with van der Waals surface area (Å²) in [6.07, 6.45) is 2.42. The molecule has 38 heavy (non-hydrogen) atoms. The molecule has 0 radical (unpaired) electrons. The first-order valence-electron chi connectivity index (χ1n) is 12.2. The lowest BCUT2D eigenvalue weighted by atomic mass is 10.0. The Kier molecular flexibility index (Phi) is 6.75. The molecule has 0 atom stereocenters. The topological polar surface area (TPSA) is 98.1 Å². The number of nitrogens with zero attached hydrogens (tertiary/aromatic N) is 1. The highest BCUT2D eigenvalue weighted by Crippen LogP contribution is 2.49. The normalized spacial score (nSPS) is 13.4. The molecule has 1 fully saturated rings. The summed E-state index contributed by atoms with van der Waals surface area (Å²) in [7, 11) is -2.05. The third kappa shape index (κ3) is 5.17. The minimum Gasteiger partial charge on any atom is -0.457 e. The molecule has 10 heteroatoms. The van der Waals surface area contributed by atoms with Gasteiger partial charge in [0.05, 0.1) is 17.3 Å². The molecule has 1 N–H and O–H groups in total. The van der Waals surface area contributed by atoms with Crippen molar-refractivity contribution in [2.24, 2.45) is 0 Å². The second-order valence-electron chi connectivity index (χ2n) is 9.09. The number of fused-ring (bicyclic) bond motifs is 1. The molecule has 1 aromatic heterocycles. The highest BCUT2D eigenvalue weighted by atomic mass is 32.2. The number of furan rings is 1. The standard InChI is InChI=1S/C28H27FN2O6S/c1-4-31(38(3,33)34)24-16-25-23(15-22(24)17-5-6-17)27(37-28(32)30-2)26(36-25)18-7-11-20(12-8-18)35-21-13-9-19(29)10-14-21/h7-17H,4-6H2,1-3H3,(H,30,32). The van der Waals surface area contributed by atoms with Gasteiger partial charge in [-0.1, -0.05) is 0 Å². The predicted molar refractivity (Wildman–Crippen MR) is 143 cm³/mol. The van der Waals surface area contributed by atoms with Gasteiger partial charge in [0.2, 0.25) is 10.0 Å². The Hall–Kier alpha value is -4.05. The maximum atomic E-state index is 13.2. The van der Waals surface area contributed by atoms with Gasteiger partial charge in [-0.15, -0.1) is 0 Å². The monoisotopic (exact) mass is 538 g/mol. The van der Waals surface area contributed by atoms with Gasteiger partial charge >= 0.3 is 6.09 Å². The zero-order chi connectivity index (χ0) is 27.0. The van der Waals surface area contributed by atoms with Gasteiger partial charge in [0, 0.05) is 25.2 Å². The van der Waals surface area contributed by atoms with Gasteiger partial charge in [-0.25, -0.2) is 17.6 Å². The number of carbonyl (C=O) groups excluding carboxylic acids is 1. The van der Waals surface area contributed by atoms with Crippen LogP contribution in [-0.4, -0.2) is 34.4 Å². The van der Waals surface area contributed by atoms with Crippen molar-refractivity contribution in [3.8, 4) is 28.6 Å². The van der Waals surface area contributed by atoms with Crippen LogP contribution in [-0.2, 0) is 10.0 Å². The molecule has 0 saturated heterocycles. The number of ether oxygens (including phenoxy) is 2. The Morgan fingerprint density at radius 1 is 1.08 bits per heavy atom. The fourth-order valence-electron chi connectivity index (χ4n) is 4.40. The van der Waals surface area contributed by atoms with Crippen molar-refractivity contribution in [3.05, 3.63) is 72.0 Å². The number of carbonyl (C=O) groups is 1. The molecule has 3 aromatic carbocycles. The summed E-state index contributed by atoms with van der Waals surface area (Å²) in [6.45, 7) is 2.06. The van der Waals surface area contributed by atoms with Crippen LogP contribution in [0.3, 0.4) is 0 Å². The molecule has 1 aliphatic rings. The number of rotatable bonds is 8. The van der Waals surface area contributed by atoms with Gasteiger partial charge in [0.15, 0.2) is 11.5 Å². The van der Waals surface area contributed by atoms with E-state index in [0.29, 0.717) is 39.5 Å². The number of amides is 1. The molecule has 0 spiro atoms. The van der Waals surface area contributed by atoms with Crippen LogP contribution in [0.25, 0.3) is 22.3 Å². The Balaban J connectivity index is 1.60. The van der Waals surface area contributed by atoms with Gasteiger partial charge in [-0.3, -0.25) is 4.31 Å². The van der Waals surface area contributed by atoms with Gasteiger partial charge in [-0.2, -0.15) is 0 Å². The molecule has 1 saturated carbocycles. The number of halogens is 1. The van der Waals surface area contributed by atoms with Crippen LogP contribution in [0.15, 0.2) is 65.1 Å². The first-order valence-corrected chi connectivity index (χ1v) is 14.0. The van der Waals surface area contributed by atoms with E-state index in [0.717, 1.165) is 18.4 Å². The quantitative estimate of drug-likeness (QED) is 0.278. The molecular weight excluding hydrogens is 511 g/mol. The van der Waals surface area contributed by atoms with Gasteiger partial charge in [0.25, 0.3) is 0 Å². The summed E-state index contributed by atoms with van der Waals surface area (Å²) in [6, 6.07) is 16.2. The van der Waals surface area contributed by atoms with Crippen LogP contribution in [0.2, 0.25) is 0 Å². The average Bonchev–Trinajstić information content (AvgIpc) is 3.68. The zero-order valence-corrected chi connectivity index (χ0v) is 22.0. The highest BCUT2D eigenvalue weighted by Gasteiger charge is 2.32. The van der Waals surface area contributed by atoms with E-state index in [2.05, 4.69) is 5.32 Å². The number of hydrogen-bond donors (Lipinski definition) is 1. The van der Waals surface area contributed by atoms with E-state index < -0.39 is 16.1 Å². The van der Waals surface area contributed by atoms with E-state index in [-0.39, 0.29) is 24.0 Å². The third-order valence-corrected chi connectivity index (χ3v) is 7.59. The van der Waals surface area contributed by atoms with Crippen molar-refractivity contribution in [3.63, 3.8) is 0 Å². The molecule has 1 heterocycles. The van der Waals surface area contributed by atoms with E-state index in [9.17, 15) is 17.6 Å². The third-order valence-electron chi connectivity index (χ3n) is 6.33. The molecule has 5 rings (SSSR count). The molecule has 1 aliphatic carbocycles. The zero-order valence-electron chi connectivity index (χ0n) is 21.2. The van der Waals surface area contributed by atoms with E-state index in [1.165, 1.54) is 41.9 Å². The first kappa shape index (κ1) is 25.6.